The molecule has 2 amide bonds. The van der Waals surface area contributed by atoms with Crippen molar-refractivity contribution < 1.29 is 14.5 Å². The molecule has 0 radical (unpaired) electrons. The Balaban J connectivity index is 1.81. The van der Waals surface area contributed by atoms with Gasteiger partial charge in [0, 0.05) is 34.8 Å². The SMILES string of the molecule is CC(C)CC(=O)Nc1ccc(NC(=O)CSc2ccc([N+](=O)[O-])cc2)cc1. The number of hydrogen-bond donors (Lipinski definition) is 2. The topological polar surface area (TPSA) is 101 Å². The molecule has 2 aromatic rings. The maximum atomic E-state index is 12.0. The Morgan fingerprint density at radius 3 is 1.96 bits per heavy atom. The van der Waals surface area contributed by atoms with Gasteiger partial charge in [-0.1, -0.05) is 13.8 Å². The number of carbonyl (C=O) groups excluding carboxylic acids is 2. The summed E-state index contributed by atoms with van der Waals surface area (Å²) < 4.78 is 0. The Labute approximate surface area is 161 Å². The van der Waals surface area contributed by atoms with E-state index in [-0.39, 0.29) is 29.2 Å². The van der Waals surface area contributed by atoms with Crippen LogP contribution in [0.25, 0.3) is 0 Å². The second-order valence-electron chi connectivity index (χ2n) is 6.31. The normalized spacial score (nSPS) is 10.5. The minimum Gasteiger partial charge on any atom is -0.326 e. The van der Waals surface area contributed by atoms with Crippen LogP contribution in [0.3, 0.4) is 0 Å². The van der Waals surface area contributed by atoms with Gasteiger partial charge in [-0.3, -0.25) is 19.7 Å². The summed E-state index contributed by atoms with van der Waals surface area (Å²) in [5.74, 6) is 0.248. The smallest absolute Gasteiger partial charge is 0.269 e. The third kappa shape index (κ3) is 7.10. The van der Waals surface area contributed by atoms with Gasteiger partial charge in [0.15, 0.2) is 0 Å². The monoisotopic (exact) mass is 387 g/mol. The van der Waals surface area contributed by atoms with Crippen LogP contribution in [0.4, 0.5) is 17.1 Å². The van der Waals surface area contributed by atoms with Gasteiger partial charge in [-0.15, -0.1) is 11.8 Å². The molecule has 0 heterocycles. The summed E-state index contributed by atoms with van der Waals surface area (Å²) in [5, 5.41) is 16.2. The van der Waals surface area contributed by atoms with E-state index in [2.05, 4.69) is 10.6 Å². The molecule has 0 saturated carbocycles. The van der Waals surface area contributed by atoms with Crippen molar-refractivity contribution in [1.82, 2.24) is 0 Å². The molecule has 0 aromatic heterocycles. The summed E-state index contributed by atoms with van der Waals surface area (Å²) in [7, 11) is 0. The summed E-state index contributed by atoms with van der Waals surface area (Å²) in [6, 6.07) is 13.0. The van der Waals surface area contributed by atoms with Crippen LogP contribution in [-0.4, -0.2) is 22.5 Å². The molecule has 2 aromatic carbocycles. The molecule has 2 N–H and O–H groups in total. The molecule has 0 bridgehead atoms. The molecule has 0 unspecified atom stereocenters. The van der Waals surface area contributed by atoms with E-state index in [0.29, 0.717) is 17.8 Å². The molecular weight excluding hydrogens is 366 g/mol. The van der Waals surface area contributed by atoms with Gasteiger partial charge >= 0.3 is 0 Å². The lowest BCUT2D eigenvalue weighted by molar-refractivity contribution is -0.384. The highest BCUT2D eigenvalue weighted by Crippen LogP contribution is 2.22. The van der Waals surface area contributed by atoms with Gasteiger partial charge in [-0.05, 0) is 42.3 Å². The van der Waals surface area contributed by atoms with Crippen LogP contribution in [0.5, 0.6) is 0 Å². The van der Waals surface area contributed by atoms with Crippen LogP contribution in [-0.2, 0) is 9.59 Å². The lowest BCUT2D eigenvalue weighted by Gasteiger charge is -2.09. The van der Waals surface area contributed by atoms with Crippen molar-refractivity contribution in [3.63, 3.8) is 0 Å². The molecule has 0 aliphatic rings. The summed E-state index contributed by atoms with van der Waals surface area (Å²) in [5.41, 5.74) is 1.33. The molecule has 27 heavy (non-hydrogen) atoms. The quantitative estimate of drug-likeness (QED) is 0.399. The lowest BCUT2D eigenvalue weighted by atomic mass is 10.1. The number of thioether (sulfide) groups is 1. The molecule has 0 fully saturated rings. The zero-order valence-corrected chi connectivity index (χ0v) is 15.9. The van der Waals surface area contributed by atoms with Gasteiger partial charge in [0.1, 0.15) is 0 Å². The predicted molar refractivity (Wildman–Crippen MR) is 107 cm³/mol. The maximum absolute atomic E-state index is 12.0. The largest absolute Gasteiger partial charge is 0.326 e. The first-order valence-corrected chi connectivity index (χ1v) is 9.39. The molecule has 0 aliphatic carbocycles. The zero-order valence-electron chi connectivity index (χ0n) is 15.1. The van der Waals surface area contributed by atoms with Crippen LogP contribution in [0.1, 0.15) is 20.3 Å². The number of nitro benzene ring substituents is 1. The standard InChI is InChI=1S/C19H21N3O4S/c1-13(2)11-18(23)20-14-3-5-15(6-4-14)21-19(24)12-27-17-9-7-16(8-10-17)22(25)26/h3-10,13H,11-12H2,1-2H3,(H,20,23)(H,21,24). The van der Waals surface area contributed by atoms with Crippen LogP contribution in [0.2, 0.25) is 0 Å². The van der Waals surface area contributed by atoms with E-state index in [1.165, 1.54) is 23.9 Å². The highest BCUT2D eigenvalue weighted by atomic mass is 32.2. The fourth-order valence-electron chi connectivity index (χ4n) is 2.23. The van der Waals surface area contributed by atoms with Crippen molar-refractivity contribution in [3.8, 4) is 0 Å². The second-order valence-corrected chi connectivity index (χ2v) is 7.36. The number of carbonyl (C=O) groups is 2. The first kappa shape index (κ1) is 20.4. The Morgan fingerprint density at radius 2 is 1.48 bits per heavy atom. The Bertz CT molecular complexity index is 805. The summed E-state index contributed by atoms with van der Waals surface area (Å²) in [6.45, 7) is 3.96. The Morgan fingerprint density at radius 1 is 0.963 bits per heavy atom. The number of amides is 2. The molecule has 142 valence electrons. The number of rotatable bonds is 8. The number of nitrogens with one attached hydrogen (secondary N) is 2. The maximum Gasteiger partial charge on any atom is 0.269 e. The average molecular weight is 387 g/mol. The Kier molecular flexibility index (Phi) is 7.36. The van der Waals surface area contributed by atoms with Gasteiger partial charge in [0.05, 0.1) is 10.7 Å². The zero-order chi connectivity index (χ0) is 19.8. The van der Waals surface area contributed by atoms with Gasteiger partial charge in [0.2, 0.25) is 11.8 Å². The molecule has 0 aliphatic heterocycles. The van der Waals surface area contributed by atoms with E-state index >= 15 is 0 Å². The molecule has 0 spiro atoms. The highest BCUT2D eigenvalue weighted by Gasteiger charge is 2.08. The van der Waals surface area contributed by atoms with Crippen molar-refractivity contribution in [2.75, 3.05) is 16.4 Å². The first-order chi connectivity index (χ1) is 12.8. The van der Waals surface area contributed by atoms with E-state index in [0.717, 1.165) is 4.90 Å². The number of nitro groups is 1. The third-order valence-electron chi connectivity index (χ3n) is 3.46. The number of nitrogens with zero attached hydrogens (tertiary/aromatic N) is 1. The van der Waals surface area contributed by atoms with E-state index in [1.807, 2.05) is 13.8 Å². The molecule has 8 heteroatoms. The van der Waals surface area contributed by atoms with E-state index in [1.54, 1.807) is 36.4 Å². The van der Waals surface area contributed by atoms with Gasteiger partial charge in [-0.25, -0.2) is 0 Å². The lowest BCUT2D eigenvalue weighted by Crippen LogP contribution is -2.15. The molecular formula is C19H21N3O4S. The van der Waals surface area contributed by atoms with Crippen LogP contribution in [0, 0.1) is 16.0 Å². The van der Waals surface area contributed by atoms with Gasteiger partial charge in [-0.2, -0.15) is 0 Å². The number of benzene rings is 2. The van der Waals surface area contributed by atoms with E-state index in [4.69, 9.17) is 0 Å². The van der Waals surface area contributed by atoms with E-state index in [9.17, 15) is 19.7 Å². The summed E-state index contributed by atoms with van der Waals surface area (Å²) in [4.78, 5) is 34.7. The van der Waals surface area contributed by atoms with E-state index < -0.39 is 4.92 Å². The molecule has 2 rings (SSSR count). The average Bonchev–Trinajstić information content (AvgIpc) is 2.61. The third-order valence-corrected chi connectivity index (χ3v) is 4.48. The fraction of sp³-hybridized carbons (Fsp3) is 0.263. The van der Waals surface area contributed by atoms with Gasteiger partial charge < -0.3 is 10.6 Å². The molecule has 0 atom stereocenters. The van der Waals surface area contributed by atoms with Crippen LogP contribution in [0.15, 0.2) is 53.4 Å². The van der Waals surface area contributed by atoms with Crippen molar-refractivity contribution in [2.24, 2.45) is 5.92 Å². The van der Waals surface area contributed by atoms with Crippen molar-refractivity contribution in [1.29, 1.82) is 0 Å². The highest BCUT2D eigenvalue weighted by molar-refractivity contribution is 8.00. The minimum atomic E-state index is -0.462. The van der Waals surface area contributed by atoms with Crippen molar-refractivity contribution in [2.45, 2.75) is 25.2 Å². The first-order valence-electron chi connectivity index (χ1n) is 8.40. The second kappa shape index (κ2) is 9.72. The van der Waals surface area contributed by atoms with Gasteiger partial charge in [0.25, 0.3) is 5.69 Å². The molecule has 0 saturated heterocycles. The number of anilines is 2. The van der Waals surface area contributed by atoms with Crippen molar-refractivity contribution in [3.05, 3.63) is 58.6 Å². The summed E-state index contributed by atoms with van der Waals surface area (Å²) in [6.07, 6.45) is 0.457. The number of hydrogen-bond acceptors (Lipinski definition) is 5. The number of non-ortho nitro benzene ring substituents is 1. The predicted octanol–water partition coefficient (Wildman–Crippen LogP) is 4.31. The summed E-state index contributed by atoms with van der Waals surface area (Å²) >= 11 is 1.29. The van der Waals surface area contributed by atoms with Crippen molar-refractivity contribution >= 4 is 40.6 Å². The van der Waals surface area contributed by atoms with Crippen LogP contribution >= 0.6 is 11.8 Å². The fourth-order valence-corrected chi connectivity index (χ4v) is 2.93. The Hall–Kier alpha value is -2.87. The molecule has 7 nitrogen and oxygen atoms in total. The minimum absolute atomic E-state index is 0.0179. The van der Waals surface area contributed by atoms with Crippen LogP contribution < -0.4 is 10.6 Å².